The Balaban J connectivity index is 4.30. The monoisotopic (exact) mass is 200 g/mol. The molecular formula is C11H24N2O. The molecule has 3 heteroatoms. The van der Waals surface area contributed by atoms with Crippen LogP contribution in [0.5, 0.6) is 0 Å². The van der Waals surface area contributed by atoms with E-state index in [2.05, 4.69) is 6.92 Å². The van der Waals surface area contributed by atoms with Crippen LogP contribution in [0.1, 0.15) is 47.5 Å². The fourth-order valence-electron chi connectivity index (χ4n) is 1.40. The van der Waals surface area contributed by atoms with Crippen LogP contribution in [0.2, 0.25) is 0 Å². The second-order valence-electron chi connectivity index (χ2n) is 4.85. The van der Waals surface area contributed by atoms with Crippen LogP contribution in [0, 0.1) is 0 Å². The number of nitrogens with two attached hydrogens (primary N) is 1. The van der Waals surface area contributed by atoms with Crippen molar-refractivity contribution < 1.29 is 4.79 Å². The van der Waals surface area contributed by atoms with Crippen LogP contribution in [-0.4, -0.2) is 28.9 Å². The zero-order chi connectivity index (χ0) is 11.4. The molecule has 0 aliphatic rings. The number of hydrogen-bond donors (Lipinski definition) is 1. The first-order chi connectivity index (χ1) is 6.28. The fraction of sp³-hybridized carbons (Fsp3) is 0.909. The molecule has 0 aromatic rings. The third kappa shape index (κ3) is 5.22. The van der Waals surface area contributed by atoms with E-state index in [0.29, 0.717) is 6.42 Å². The van der Waals surface area contributed by atoms with Gasteiger partial charge in [0.15, 0.2) is 0 Å². The lowest BCUT2D eigenvalue weighted by molar-refractivity contribution is -0.133. The van der Waals surface area contributed by atoms with E-state index < -0.39 is 5.54 Å². The van der Waals surface area contributed by atoms with Gasteiger partial charge in [0, 0.05) is 24.5 Å². The maximum atomic E-state index is 11.8. The molecule has 0 aromatic carbocycles. The Morgan fingerprint density at radius 3 is 2.21 bits per heavy atom. The van der Waals surface area contributed by atoms with Crippen LogP contribution in [0.25, 0.3) is 0 Å². The highest BCUT2D eigenvalue weighted by atomic mass is 16.2. The smallest absolute Gasteiger partial charge is 0.224 e. The minimum atomic E-state index is -0.405. The second kappa shape index (κ2) is 5.35. The molecule has 0 spiro atoms. The molecule has 0 fully saturated rings. The van der Waals surface area contributed by atoms with Crippen LogP contribution in [0.4, 0.5) is 0 Å². The molecule has 0 bridgehead atoms. The molecule has 3 nitrogen and oxygen atoms in total. The molecule has 2 N–H and O–H groups in total. The number of carbonyl (C=O) groups excluding carboxylic acids is 1. The molecule has 0 saturated heterocycles. The molecule has 0 saturated carbocycles. The minimum absolute atomic E-state index is 0.161. The summed E-state index contributed by atoms with van der Waals surface area (Å²) in [4.78, 5) is 13.7. The molecule has 0 unspecified atom stereocenters. The van der Waals surface area contributed by atoms with Crippen molar-refractivity contribution in [3.8, 4) is 0 Å². The van der Waals surface area contributed by atoms with Gasteiger partial charge in [-0.15, -0.1) is 0 Å². The van der Waals surface area contributed by atoms with Crippen molar-refractivity contribution in [3.63, 3.8) is 0 Å². The Morgan fingerprint density at radius 1 is 1.43 bits per heavy atom. The standard InChI is InChI=1S/C11H24N2O/c1-6-7-13(9(2)3)10(14)8-11(4,5)12/h9H,6-8,12H2,1-5H3. The molecule has 0 aliphatic carbocycles. The van der Waals surface area contributed by atoms with Crippen molar-refractivity contribution in [1.82, 2.24) is 4.90 Å². The Kier molecular flexibility index (Phi) is 5.13. The SMILES string of the molecule is CCCN(C(=O)CC(C)(C)N)C(C)C. The predicted octanol–water partition coefficient (Wildman–Crippen LogP) is 1.76. The molecule has 0 atom stereocenters. The number of carbonyl (C=O) groups is 1. The zero-order valence-corrected chi connectivity index (χ0v) is 10.1. The molecule has 0 aromatic heterocycles. The van der Waals surface area contributed by atoms with E-state index in [1.54, 1.807) is 0 Å². The van der Waals surface area contributed by atoms with Crippen LogP contribution in [-0.2, 0) is 4.79 Å². The van der Waals surface area contributed by atoms with Gasteiger partial charge in [0.25, 0.3) is 0 Å². The molecule has 14 heavy (non-hydrogen) atoms. The van der Waals surface area contributed by atoms with Gasteiger partial charge >= 0.3 is 0 Å². The van der Waals surface area contributed by atoms with E-state index in [9.17, 15) is 4.79 Å². The number of nitrogens with zero attached hydrogens (tertiary/aromatic N) is 1. The quantitative estimate of drug-likeness (QED) is 0.735. The number of amides is 1. The summed E-state index contributed by atoms with van der Waals surface area (Å²) in [5.41, 5.74) is 5.42. The topological polar surface area (TPSA) is 46.3 Å². The van der Waals surface area contributed by atoms with Crippen molar-refractivity contribution in [2.24, 2.45) is 5.73 Å². The van der Waals surface area contributed by atoms with Gasteiger partial charge < -0.3 is 10.6 Å². The third-order valence-corrected chi connectivity index (χ3v) is 2.02. The van der Waals surface area contributed by atoms with Gasteiger partial charge in [0.1, 0.15) is 0 Å². The minimum Gasteiger partial charge on any atom is -0.340 e. The normalized spacial score (nSPS) is 11.9. The van der Waals surface area contributed by atoms with E-state index in [0.717, 1.165) is 13.0 Å². The summed E-state index contributed by atoms with van der Waals surface area (Å²) >= 11 is 0. The van der Waals surface area contributed by atoms with Gasteiger partial charge in [-0.25, -0.2) is 0 Å². The number of hydrogen-bond acceptors (Lipinski definition) is 2. The Labute approximate surface area is 87.6 Å². The lowest BCUT2D eigenvalue weighted by Crippen LogP contribution is -2.44. The average Bonchev–Trinajstić information content (AvgIpc) is 1.95. The van der Waals surface area contributed by atoms with Crippen LogP contribution in [0.3, 0.4) is 0 Å². The zero-order valence-electron chi connectivity index (χ0n) is 10.1. The largest absolute Gasteiger partial charge is 0.340 e. The third-order valence-electron chi connectivity index (χ3n) is 2.02. The molecular weight excluding hydrogens is 176 g/mol. The fourth-order valence-corrected chi connectivity index (χ4v) is 1.40. The maximum Gasteiger partial charge on any atom is 0.224 e. The summed E-state index contributed by atoms with van der Waals surface area (Å²) in [5, 5.41) is 0. The molecule has 0 radical (unpaired) electrons. The van der Waals surface area contributed by atoms with E-state index in [1.165, 1.54) is 0 Å². The molecule has 1 amide bonds. The average molecular weight is 200 g/mol. The summed E-state index contributed by atoms with van der Waals surface area (Å²) in [7, 11) is 0. The summed E-state index contributed by atoms with van der Waals surface area (Å²) in [5.74, 6) is 0.161. The molecule has 0 rings (SSSR count). The van der Waals surface area contributed by atoms with E-state index >= 15 is 0 Å². The Bertz CT molecular complexity index is 182. The molecule has 84 valence electrons. The van der Waals surface area contributed by atoms with Gasteiger partial charge in [-0.2, -0.15) is 0 Å². The van der Waals surface area contributed by atoms with Crippen molar-refractivity contribution in [2.75, 3.05) is 6.54 Å². The Morgan fingerprint density at radius 2 is 1.93 bits per heavy atom. The van der Waals surface area contributed by atoms with Gasteiger partial charge in [0.05, 0.1) is 0 Å². The first-order valence-electron chi connectivity index (χ1n) is 5.36. The van der Waals surface area contributed by atoms with E-state index in [4.69, 9.17) is 5.73 Å². The number of rotatable bonds is 5. The highest BCUT2D eigenvalue weighted by molar-refractivity contribution is 5.77. The van der Waals surface area contributed by atoms with Crippen molar-refractivity contribution in [1.29, 1.82) is 0 Å². The highest BCUT2D eigenvalue weighted by Gasteiger charge is 2.22. The van der Waals surface area contributed by atoms with Crippen LogP contribution in [0.15, 0.2) is 0 Å². The van der Waals surface area contributed by atoms with E-state index in [1.807, 2.05) is 32.6 Å². The lowest BCUT2D eigenvalue weighted by atomic mass is 10.0. The summed E-state index contributed by atoms with van der Waals surface area (Å²) in [6.07, 6.45) is 1.42. The van der Waals surface area contributed by atoms with Crippen molar-refractivity contribution in [2.45, 2.75) is 59.0 Å². The van der Waals surface area contributed by atoms with Crippen LogP contribution >= 0.6 is 0 Å². The van der Waals surface area contributed by atoms with E-state index in [-0.39, 0.29) is 11.9 Å². The molecule has 0 aliphatic heterocycles. The highest BCUT2D eigenvalue weighted by Crippen LogP contribution is 2.10. The van der Waals surface area contributed by atoms with Crippen molar-refractivity contribution >= 4 is 5.91 Å². The maximum absolute atomic E-state index is 11.8. The lowest BCUT2D eigenvalue weighted by Gasteiger charge is -2.29. The van der Waals surface area contributed by atoms with Gasteiger partial charge in [-0.1, -0.05) is 6.92 Å². The van der Waals surface area contributed by atoms with Gasteiger partial charge in [0.2, 0.25) is 5.91 Å². The first kappa shape index (κ1) is 13.4. The van der Waals surface area contributed by atoms with Crippen molar-refractivity contribution in [3.05, 3.63) is 0 Å². The molecule has 0 heterocycles. The van der Waals surface area contributed by atoms with Gasteiger partial charge in [-0.05, 0) is 34.1 Å². The summed E-state index contributed by atoms with van der Waals surface area (Å²) in [6, 6.07) is 0.268. The van der Waals surface area contributed by atoms with Gasteiger partial charge in [-0.3, -0.25) is 4.79 Å². The summed E-state index contributed by atoms with van der Waals surface area (Å²) in [6.45, 7) is 10.8. The van der Waals surface area contributed by atoms with Crippen LogP contribution < -0.4 is 5.73 Å². The first-order valence-corrected chi connectivity index (χ1v) is 5.36. The predicted molar refractivity (Wildman–Crippen MR) is 60.0 cm³/mol. The summed E-state index contributed by atoms with van der Waals surface area (Å²) < 4.78 is 0. The second-order valence-corrected chi connectivity index (χ2v) is 4.85. The Hall–Kier alpha value is -0.570.